The monoisotopic (exact) mass is 224 g/mol. The van der Waals surface area contributed by atoms with Crippen molar-refractivity contribution in [1.82, 2.24) is 0 Å². The number of methoxy groups -OCH3 is 1. The second-order valence-electron chi connectivity index (χ2n) is 4.57. The van der Waals surface area contributed by atoms with Crippen molar-refractivity contribution in [1.29, 1.82) is 0 Å². The van der Waals surface area contributed by atoms with Crippen molar-refractivity contribution in [3.8, 4) is 5.75 Å². The number of fused-ring (bicyclic) bond motifs is 1. The second kappa shape index (κ2) is 3.45. The zero-order chi connectivity index (χ0) is 12.0. The predicted molar refractivity (Wildman–Crippen MR) is 58.4 cm³/mol. The van der Waals surface area contributed by atoms with E-state index in [0.717, 1.165) is 5.56 Å². The fraction of sp³-hybridized carbons (Fsp3) is 0.500. The summed E-state index contributed by atoms with van der Waals surface area (Å²) in [5, 5.41) is 19.5. The molecule has 0 saturated heterocycles. The van der Waals surface area contributed by atoms with E-state index in [0.29, 0.717) is 17.7 Å². The molecule has 4 nitrogen and oxygen atoms in total. The van der Waals surface area contributed by atoms with Gasteiger partial charge in [-0.25, -0.2) is 4.89 Å². The van der Waals surface area contributed by atoms with Crippen LogP contribution in [0.4, 0.5) is 0 Å². The molecular formula is C12H16O4. The Morgan fingerprint density at radius 1 is 1.31 bits per heavy atom. The van der Waals surface area contributed by atoms with Crippen LogP contribution < -0.4 is 4.74 Å². The van der Waals surface area contributed by atoms with E-state index in [4.69, 9.17) is 9.99 Å². The van der Waals surface area contributed by atoms with Crippen LogP contribution in [-0.4, -0.2) is 23.1 Å². The molecule has 16 heavy (non-hydrogen) atoms. The Hall–Kier alpha value is -1.10. The molecule has 0 amide bonds. The second-order valence-corrected chi connectivity index (χ2v) is 4.57. The predicted octanol–water partition coefficient (Wildman–Crippen LogP) is 1.71. The quantitative estimate of drug-likeness (QED) is 0.593. The minimum absolute atomic E-state index is 0.447. The molecule has 4 heteroatoms. The van der Waals surface area contributed by atoms with E-state index in [1.54, 1.807) is 27.0 Å². The Bertz CT molecular complexity index is 413. The van der Waals surface area contributed by atoms with Crippen molar-refractivity contribution in [3.05, 3.63) is 29.3 Å². The van der Waals surface area contributed by atoms with Crippen LogP contribution in [0.5, 0.6) is 5.75 Å². The molecule has 2 N–H and O–H groups in total. The smallest absolute Gasteiger partial charge is 0.137 e. The molecule has 0 radical (unpaired) electrons. The molecule has 0 spiro atoms. The van der Waals surface area contributed by atoms with E-state index in [1.165, 1.54) is 0 Å². The van der Waals surface area contributed by atoms with Gasteiger partial charge in [-0.2, -0.15) is 0 Å². The average Bonchev–Trinajstić information content (AvgIpc) is 2.47. The molecule has 88 valence electrons. The fourth-order valence-corrected chi connectivity index (χ4v) is 2.37. The number of aliphatic hydroxyl groups is 1. The lowest BCUT2D eigenvalue weighted by atomic mass is 9.86. The van der Waals surface area contributed by atoms with Gasteiger partial charge in [0.05, 0.1) is 7.11 Å². The van der Waals surface area contributed by atoms with Gasteiger partial charge in [0.1, 0.15) is 17.0 Å². The first kappa shape index (κ1) is 11.4. The topological polar surface area (TPSA) is 58.9 Å². The van der Waals surface area contributed by atoms with Crippen molar-refractivity contribution in [2.24, 2.45) is 0 Å². The van der Waals surface area contributed by atoms with Crippen molar-refractivity contribution < 1.29 is 20.0 Å². The molecule has 2 unspecified atom stereocenters. The normalized spacial score (nSPS) is 32.6. The van der Waals surface area contributed by atoms with E-state index >= 15 is 0 Å². The van der Waals surface area contributed by atoms with Crippen LogP contribution in [0.15, 0.2) is 18.2 Å². The van der Waals surface area contributed by atoms with Gasteiger partial charge in [-0.1, -0.05) is 12.1 Å². The van der Waals surface area contributed by atoms with E-state index in [9.17, 15) is 5.11 Å². The van der Waals surface area contributed by atoms with Crippen molar-refractivity contribution in [2.75, 3.05) is 7.11 Å². The molecule has 2 atom stereocenters. The highest BCUT2D eigenvalue weighted by atomic mass is 17.1. The summed E-state index contributed by atoms with van der Waals surface area (Å²) < 4.78 is 5.23. The van der Waals surface area contributed by atoms with Crippen LogP contribution in [0.1, 0.15) is 25.0 Å². The largest absolute Gasteiger partial charge is 0.496 e. The minimum Gasteiger partial charge on any atom is -0.496 e. The Morgan fingerprint density at radius 3 is 2.56 bits per heavy atom. The zero-order valence-electron chi connectivity index (χ0n) is 9.65. The van der Waals surface area contributed by atoms with Gasteiger partial charge < -0.3 is 9.84 Å². The van der Waals surface area contributed by atoms with Crippen molar-refractivity contribution in [3.63, 3.8) is 0 Å². The van der Waals surface area contributed by atoms with Gasteiger partial charge in [-0.05, 0) is 25.5 Å². The third kappa shape index (κ3) is 1.27. The molecule has 0 bridgehead atoms. The Labute approximate surface area is 94.4 Å². The summed E-state index contributed by atoms with van der Waals surface area (Å²) in [6.45, 7) is 3.30. The van der Waals surface area contributed by atoms with Crippen molar-refractivity contribution >= 4 is 0 Å². The number of ether oxygens (including phenoxy) is 1. The van der Waals surface area contributed by atoms with Crippen molar-refractivity contribution in [2.45, 2.75) is 31.5 Å². The van der Waals surface area contributed by atoms with Gasteiger partial charge in [0, 0.05) is 12.0 Å². The number of hydrogen-bond donors (Lipinski definition) is 2. The highest BCUT2D eigenvalue weighted by molar-refractivity contribution is 5.50. The third-order valence-electron chi connectivity index (χ3n) is 3.58. The van der Waals surface area contributed by atoms with E-state index < -0.39 is 11.2 Å². The first-order valence-electron chi connectivity index (χ1n) is 5.17. The summed E-state index contributed by atoms with van der Waals surface area (Å²) in [5.41, 5.74) is -0.692. The molecule has 1 aromatic rings. The van der Waals surface area contributed by atoms with Gasteiger partial charge in [0.25, 0.3) is 0 Å². The molecule has 2 rings (SSSR count). The number of benzene rings is 1. The molecule has 0 heterocycles. The van der Waals surface area contributed by atoms with Crippen LogP contribution in [0, 0.1) is 0 Å². The summed E-state index contributed by atoms with van der Waals surface area (Å²) in [6.07, 6.45) is 0.447. The van der Waals surface area contributed by atoms with Gasteiger partial charge in [-0.15, -0.1) is 0 Å². The summed E-state index contributed by atoms with van der Waals surface area (Å²) in [5.74, 6) is 0.614. The molecule has 1 aromatic carbocycles. The SMILES string of the molecule is COc1cccc2c1C(C)(O)C(C)(OO)C2. The molecule has 1 aliphatic rings. The summed E-state index contributed by atoms with van der Waals surface area (Å²) in [6, 6.07) is 5.55. The maximum atomic E-state index is 10.5. The Morgan fingerprint density at radius 2 is 2.00 bits per heavy atom. The van der Waals surface area contributed by atoms with Crippen LogP contribution in [0.2, 0.25) is 0 Å². The van der Waals surface area contributed by atoms with E-state index in [2.05, 4.69) is 4.89 Å². The summed E-state index contributed by atoms with van der Waals surface area (Å²) in [7, 11) is 1.56. The van der Waals surface area contributed by atoms with Crippen LogP contribution in [0.3, 0.4) is 0 Å². The van der Waals surface area contributed by atoms with Gasteiger partial charge >= 0.3 is 0 Å². The Kier molecular flexibility index (Phi) is 2.45. The van der Waals surface area contributed by atoms with Gasteiger partial charge in [0.15, 0.2) is 0 Å². The lowest BCUT2D eigenvalue weighted by Gasteiger charge is -2.34. The third-order valence-corrected chi connectivity index (χ3v) is 3.58. The first-order chi connectivity index (χ1) is 7.46. The minimum atomic E-state index is -1.27. The molecule has 0 aliphatic heterocycles. The standard InChI is InChI=1S/C12H16O4/c1-11(16-14)7-8-5-4-6-9(15-3)10(8)12(11,2)13/h4-6,13-14H,7H2,1-3H3. The Balaban J connectivity index is 2.62. The number of hydrogen-bond acceptors (Lipinski definition) is 4. The fourth-order valence-electron chi connectivity index (χ4n) is 2.37. The number of rotatable bonds is 2. The van der Waals surface area contributed by atoms with E-state index in [1.807, 2.05) is 12.1 Å². The zero-order valence-corrected chi connectivity index (χ0v) is 9.65. The van der Waals surface area contributed by atoms with Gasteiger partial charge in [0.2, 0.25) is 0 Å². The van der Waals surface area contributed by atoms with Gasteiger partial charge in [-0.3, -0.25) is 5.26 Å². The average molecular weight is 224 g/mol. The van der Waals surface area contributed by atoms with Crippen LogP contribution >= 0.6 is 0 Å². The lowest BCUT2D eigenvalue weighted by Crippen LogP contribution is -2.46. The molecule has 1 aliphatic carbocycles. The maximum absolute atomic E-state index is 10.5. The first-order valence-corrected chi connectivity index (χ1v) is 5.17. The molecule has 0 saturated carbocycles. The molecular weight excluding hydrogens is 208 g/mol. The van der Waals surface area contributed by atoms with Crippen LogP contribution in [0.25, 0.3) is 0 Å². The summed E-state index contributed by atoms with van der Waals surface area (Å²) >= 11 is 0. The highest BCUT2D eigenvalue weighted by Gasteiger charge is 2.54. The molecule has 0 aromatic heterocycles. The van der Waals surface area contributed by atoms with E-state index in [-0.39, 0.29) is 0 Å². The maximum Gasteiger partial charge on any atom is 0.137 e. The highest BCUT2D eigenvalue weighted by Crippen LogP contribution is 2.49. The summed E-state index contributed by atoms with van der Waals surface area (Å²) in [4.78, 5) is 4.49. The van der Waals surface area contributed by atoms with Crippen LogP contribution in [-0.2, 0) is 16.9 Å². The molecule has 0 fully saturated rings. The lowest BCUT2D eigenvalue weighted by molar-refractivity contribution is -0.355.